The van der Waals surface area contributed by atoms with E-state index in [2.05, 4.69) is 17.1 Å². The monoisotopic (exact) mass is 266 g/mol. The summed E-state index contributed by atoms with van der Waals surface area (Å²) in [6.07, 6.45) is 7.85. The van der Waals surface area contributed by atoms with Crippen LogP contribution < -0.4 is 5.32 Å². The molecule has 3 nitrogen and oxygen atoms in total. The fraction of sp³-hybridized carbons (Fsp3) is 0.938. The van der Waals surface area contributed by atoms with Crippen molar-refractivity contribution >= 4 is 5.91 Å². The van der Waals surface area contributed by atoms with E-state index in [1.807, 2.05) is 13.8 Å². The fourth-order valence-electron chi connectivity index (χ4n) is 3.15. The van der Waals surface area contributed by atoms with Crippen LogP contribution in [-0.2, 0) is 4.79 Å². The van der Waals surface area contributed by atoms with E-state index in [9.17, 15) is 4.79 Å². The SMILES string of the molecule is CCCCC1CC(NC(=O)C(C)C)CN(C2CC2)C1. The van der Waals surface area contributed by atoms with Crippen molar-refractivity contribution in [1.29, 1.82) is 0 Å². The molecule has 2 rings (SSSR count). The lowest BCUT2D eigenvalue weighted by Crippen LogP contribution is -2.52. The lowest BCUT2D eigenvalue weighted by molar-refractivity contribution is -0.125. The summed E-state index contributed by atoms with van der Waals surface area (Å²) in [5.41, 5.74) is 0. The molecule has 0 bridgehead atoms. The van der Waals surface area contributed by atoms with Crippen molar-refractivity contribution in [3.63, 3.8) is 0 Å². The summed E-state index contributed by atoms with van der Waals surface area (Å²) < 4.78 is 0. The van der Waals surface area contributed by atoms with E-state index in [4.69, 9.17) is 0 Å². The Morgan fingerprint density at radius 1 is 1.32 bits per heavy atom. The molecule has 1 saturated carbocycles. The van der Waals surface area contributed by atoms with Gasteiger partial charge in [0.05, 0.1) is 0 Å². The molecule has 1 heterocycles. The van der Waals surface area contributed by atoms with Gasteiger partial charge in [0.1, 0.15) is 0 Å². The summed E-state index contributed by atoms with van der Waals surface area (Å²) in [5, 5.41) is 3.26. The van der Waals surface area contributed by atoms with Gasteiger partial charge in [-0.1, -0.05) is 33.6 Å². The van der Waals surface area contributed by atoms with Crippen LogP contribution in [0, 0.1) is 11.8 Å². The van der Waals surface area contributed by atoms with E-state index in [1.54, 1.807) is 0 Å². The number of rotatable bonds is 6. The Hall–Kier alpha value is -0.570. The van der Waals surface area contributed by atoms with Crippen LogP contribution in [0.15, 0.2) is 0 Å². The zero-order valence-electron chi connectivity index (χ0n) is 12.8. The van der Waals surface area contributed by atoms with Gasteiger partial charge in [0.25, 0.3) is 0 Å². The second-order valence-corrected chi connectivity index (χ2v) is 6.79. The molecule has 2 aliphatic rings. The van der Waals surface area contributed by atoms with E-state index in [0.29, 0.717) is 6.04 Å². The maximum atomic E-state index is 11.9. The highest BCUT2D eigenvalue weighted by Crippen LogP contribution is 2.32. The number of amides is 1. The minimum absolute atomic E-state index is 0.102. The zero-order chi connectivity index (χ0) is 13.8. The standard InChI is InChI=1S/C16H30N2O/c1-4-5-6-13-9-14(17-16(19)12(2)3)11-18(10-13)15-7-8-15/h12-15H,4-11H2,1-3H3,(H,17,19). The first-order valence-corrected chi connectivity index (χ1v) is 8.14. The number of piperidine rings is 1. The number of carbonyl (C=O) groups excluding carboxylic acids is 1. The van der Waals surface area contributed by atoms with Gasteiger partial charge < -0.3 is 5.32 Å². The Labute approximate surface area is 118 Å². The second kappa shape index (κ2) is 6.74. The number of nitrogens with zero attached hydrogens (tertiary/aromatic N) is 1. The van der Waals surface area contributed by atoms with Gasteiger partial charge in [0, 0.05) is 31.1 Å². The molecule has 19 heavy (non-hydrogen) atoms. The average molecular weight is 266 g/mol. The highest BCUT2D eigenvalue weighted by atomic mass is 16.1. The van der Waals surface area contributed by atoms with Crippen molar-refractivity contribution in [2.45, 2.75) is 71.4 Å². The molecule has 0 spiro atoms. The van der Waals surface area contributed by atoms with Gasteiger partial charge in [-0.05, 0) is 31.6 Å². The number of hydrogen-bond acceptors (Lipinski definition) is 2. The van der Waals surface area contributed by atoms with Gasteiger partial charge in [-0.15, -0.1) is 0 Å². The first kappa shape index (κ1) is 14.8. The first-order chi connectivity index (χ1) is 9.10. The lowest BCUT2D eigenvalue weighted by Gasteiger charge is -2.38. The van der Waals surface area contributed by atoms with E-state index >= 15 is 0 Å². The fourth-order valence-corrected chi connectivity index (χ4v) is 3.15. The highest BCUT2D eigenvalue weighted by Gasteiger charge is 2.36. The van der Waals surface area contributed by atoms with Crippen molar-refractivity contribution < 1.29 is 4.79 Å². The van der Waals surface area contributed by atoms with Gasteiger partial charge in [-0.3, -0.25) is 9.69 Å². The number of nitrogens with one attached hydrogen (secondary N) is 1. The molecule has 1 N–H and O–H groups in total. The Kier molecular flexibility index (Phi) is 5.26. The molecular formula is C16H30N2O. The normalized spacial score (nSPS) is 28.6. The topological polar surface area (TPSA) is 32.3 Å². The average Bonchev–Trinajstić information content (AvgIpc) is 3.20. The molecule has 2 fully saturated rings. The minimum Gasteiger partial charge on any atom is -0.352 e. The van der Waals surface area contributed by atoms with Crippen molar-refractivity contribution in [3.8, 4) is 0 Å². The molecule has 1 aliphatic carbocycles. The summed E-state index contributed by atoms with van der Waals surface area (Å²) >= 11 is 0. The van der Waals surface area contributed by atoms with Crippen LogP contribution in [-0.4, -0.2) is 36.0 Å². The van der Waals surface area contributed by atoms with Gasteiger partial charge in [0.2, 0.25) is 5.91 Å². The van der Waals surface area contributed by atoms with Gasteiger partial charge in [0.15, 0.2) is 0 Å². The predicted octanol–water partition coefficient (Wildman–Crippen LogP) is 2.80. The molecule has 0 aromatic carbocycles. The summed E-state index contributed by atoms with van der Waals surface area (Å²) in [6.45, 7) is 8.56. The molecule has 0 aromatic heterocycles. The van der Waals surface area contributed by atoms with E-state index in [1.165, 1.54) is 45.1 Å². The number of unbranched alkanes of at least 4 members (excludes halogenated alkanes) is 1. The Morgan fingerprint density at radius 2 is 2.05 bits per heavy atom. The third-order valence-corrected chi connectivity index (χ3v) is 4.47. The summed E-state index contributed by atoms with van der Waals surface area (Å²) in [5.74, 6) is 1.11. The highest BCUT2D eigenvalue weighted by molar-refractivity contribution is 5.78. The van der Waals surface area contributed by atoms with Crippen molar-refractivity contribution in [2.24, 2.45) is 11.8 Å². The first-order valence-electron chi connectivity index (χ1n) is 8.14. The third-order valence-electron chi connectivity index (χ3n) is 4.47. The molecule has 0 aromatic rings. The van der Waals surface area contributed by atoms with Crippen LogP contribution in [0.2, 0.25) is 0 Å². The smallest absolute Gasteiger partial charge is 0.222 e. The van der Waals surface area contributed by atoms with Crippen molar-refractivity contribution in [3.05, 3.63) is 0 Å². The minimum atomic E-state index is 0.102. The third kappa shape index (κ3) is 4.48. The van der Waals surface area contributed by atoms with Gasteiger partial charge >= 0.3 is 0 Å². The molecular weight excluding hydrogens is 236 g/mol. The van der Waals surface area contributed by atoms with E-state index < -0.39 is 0 Å². The van der Waals surface area contributed by atoms with Crippen molar-refractivity contribution in [1.82, 2.24) is 10.2 Å². The molecule has 2 atom stereocenters. The van der Waals surface area contributed by atoms with Crippen LogP contribution in [0.5, 0.6) is 0 Å². The molecule has 110 valence electrons. The van der Waals surface area contributed by atoms with Crippen LogP contribution in [0.3, 0.4) is 0 Å². The Bertz CT molecular complexity index is 299. The molecule has 1 aliphatic heterocycles. The van der Waals surface area contributed by atoms with E-state index in [0.717, 1.165) is 18.5 Å². The van der Waals surface area contributed by atoms with Crippen LogP contribution in [0.4, 0.5) is 0 Å². The summed E-state index contributed by atoms with van der Waals surface area (Å²) in [4.78, 5) is 14.5. The largest absolute Gasteiger partial charge is 0.352 e. The Balaban J connectivity index is 1.88. The molecule has 3 heteroatoms. The Morgan fingerprint density at radius 3 is 2.63 bits per heavy atom. The number of carbonyl (C=O) groups is 1. The van der Waals surface area contributed by atoms with Crippen LogP contribution in [0.25, 0.3) is 0 Å². The van der Waals surface area contributed by atoms with Crippen LogP contribution in [0.1, 0.15) is 59.3 Å². The predicted molar refractivity (Wildman–Crippen MR) is 79.0 cm³/mol. The lowest BCUT2D eigenvalue weighted by atomic mass is 9.89. The van der Waals surface area contributed by atoms with Crippen LogP contribution >= 0.6 is 0 Å². The molecule has 0 radical (unpaired) electrons. The molecule has 1 amide bonds. The van der Waals surface area contributed by atoms with Gasteiger partial charge in [-0.2, -0.15) is 0 Å². The molecule has 2 unspecified atom stereocenters. The number of hydrogen-bond donors (Lipinski definition) is 1. The molecule has 1 saturated heterocycles. The second-order valence-electron chi connectivity index (χ2n) is 6.79. The van der Waals surface area contributed by atoms with Gasteiger partial charge in [-0.25, -0.2) is 0 Å². The quantitative estimate of drug-likeness (QED) is 0.802. The summed E-state index contributed by atoms with van der Waals surface area (Å²) in [7, 11) is 0. The maximum absolute atomic E-state index is 11.9. The van der Waals surface area contributed by atoms with Crippen molar-refractivity contribution in [2.75, 3.05) is 13.1 Å². The summed E-state index contributed by atoms with van der Waals surface area (Å²) in [6, 6.07) is 1.20. The zero-order valence-corrected chi connectivity index (χ0v) is 12.8. The number of likely N-dealkylation sites (tertiary alicyclic amines) is 1. The van der Waals surface area contributed by atoms with E-state index in [-0.39, 0.29) is 11.8 Å². The maximum Gasteiger partial charge on any atom is 0.222 e.